The highest BCUT2D eigenvalue weighted by Gasteiger charge is 1.99. The maximum Gasteiger partial charge on any atom is 0.330 e. The Morgan fingerprint density at radius 3 is 2.86 bits per heavy atom. The molecule has 0 aromatic heterocycles. The van der Waals surface area contributed by atoms with Crippen molar-refractivity contribution in [1.82, 2.24) is 0 Å². The predicted molar refractivity (Wildman–Crippen MR) is 49.1 cm³/mol. The van der Waals surface area contributed by atoms with Crippen molar-refractivity contribution in [2.24, 2.45) is 0 Å². The van der Waals surface area contributed by atoms with Crippen molar-refractivity contribution in [3.8, 4) is 5.75 Å². The van der Waals surface area contributed by atoms with Crippen LogP contribution in [0.25, 0.3) is 6.08 Å². The summed E-state index contributed by atoms with van der Waals surface area (Å²) in [7, 11) is 1.25. The number of aromatic hydroxyl groups is 1. The van der Waals surface area contributed by atoms with E-state index in [4.69, 9.17) is 5.11 Å². The van der Waals surface area contributed by atoms with E-state index < -0.39 is 17.5 Å². The van der Waals surface area contributed by atoms with Crippen LogP contribution < -0.4 is 0 Å². The van der Waals surface area contributed by atoms with Crippen LogP contribution >= 0.6 is 0 Å². The van der Waals surface area contributed by atoms with Gasteiger partial charge in [-0.25, -0.2) is 9.18 Å². The van der Waals surface area contributed by atoms with Crippen molar-refractivity contribution >= 4 is 12.0 Å². The Hall–Kier alpha value is -1.84. The molecular weight excluding hydrogens is 187 g/mol. The smallest absolute Gasteiger partial charge is 0.330 e. The monoisotopic (exact) mass is 196 g/mol. The molecule has 1 N–H and O–H groups in total. The second-order valence-corrected chi connectivity index (χ2v) is 2.57. The highest BCUT2D eigenvalue weighted by molar-refractivity contribution is 5.86. The topological polar surface area (TPSA) is 46.5 Å². The summed E-state index contributed by atoms with van der Waals surface area (Å²) in [4.78, 5) is 10.7. The number of rotatable bonds is 2. The zero-order valence-corrected chi connectivity index (χ0v) is 7.53. The van der Waals surface area contributed by atoms with Crippen molar-refractivity contribution < 1.29 is 19.0 Å². The fourth-order valence-corrected chi connectivity index (χ4v) is 0.859. The van der Waals surface area contributed by atoms with E-state index in [2.05, 4.69) is 4.74 Å². The number of carbonyl (C=O) groups is 1. The van der Waals surface area contributed by atoms with Gasteiger partial charge in [0.05, 0.1) is 7.11 Å². The van der Waals surface area contributed by atoms with Gasteiger partial charge in [0.15, 0.2) is 11.6 Å². The first-order valence-corrected chi connectivity index (χ1v) is 3.88. The molecule has 0 unspecified atom stereocenters. The third-order valence-corrected chi connectivity index (χ3v) is 1.58. The van der Waals surface area contributed by atoms with E-state index in [9.17, 15) is 9.18 Å². The molecule has 0 aliphatic carbocycles. The number of phenols is 1. The van der Waals surface area contributed by atoms with Crippen molar-refractivity contribution in [3.63, 3.8) is 0 Å². The van der Waals surface area contributed by atoms with E-state index in [0.717, 1.165) is 6.07 Å². The first-order chi connectivity index (χ1) is 6.63. The van der Waals surface area contributed by atoms with Gasteiger partial charge in [-0.2, -0.15) is 0 Å². The van der Waals surface area contributed by atoms with Gasteiger partial charge in [-0.3, -0.25) is 0 Å². The summed E-state index contributed by atoms with van der Waals surface area (Å²) >= 11 is 0. The average Bonchev–Trinajstić information content (AvgIpc) is 2.19. The van der Waals surface area contributed by atoms with Crippen LogP contribution in [0.5, 0.6) is 5.75 Å². The Bertz CT molecular complexity index is 372. The predicted octanol–water partition coefficient (Wildman–Crippen LogP) is 1.72. The molecule has 14 heavy (non-hydrogen) atoms. The van der Waals surface area contributed by atoms with Gasteiger partial charge >= 0.3 is 5.97 Å². The van der Waals surface area contributed by atoms with Crippen LogP contribution in [0.1, 0.15) is 5.56 Å². The van der Waals surface area contributed by atoms with Gasteiger partial charge in [0.1, 0.15) is 0 Å². The normalized spacial score (nSPS) is 10.4. The fraction of sp³-hybridized carbons (Fsp3) is 0.100. The Morgan fingerprint density at radius 1 is 1.57 bits per heavy atom. The van der Waals surface area contributed by atoms with E-state index >= 15 is 0 Å². The SMILES string of the molecule is COC(=O)C=Cc1ccc(O)c(F)c1. The van der Waals surface area contributed by atoms with Crippen LogP contribution in [-0.2, 0) is 9.53 Å². The summed E-state index contributed by atoms with van der Waals surface area (Å²) in [6, 6.07) is 3.82. The Morgan fingerprint density at radius 2 is 2.29 bits per heavy atom. The van der Waals surface area contributed by atoms with Gasteiger partial charge in [0.25, 0.3) is 0 Å². The second-order valence-electron chi connectivity index (χ2n) is 2.57. The molecular formula is C10H9FO3. The number of methoxy groups -OCH3 is 1. The maximum absolute atomic E-state index is 12.8. The van der Waals surface area contributed by atoms with Gasteiger partial charge in [-0.15, -0.1) is 0 Å². The first-order valence-electron chi connectivity index (χ1n) is 3.88. The molecule has 0 aliphatic rings. The molecule has 0 spiro atoms. The number of benzene rings is 1. The van der Waals surface area contributed by atoms with Gasteiger partial charge < -0.3 is 9.84 Å². The molecule has 0 fully saturated rings. The molecule has 4 heteroatoms. The van der Waals surface area contributed by atoms with Gasteiger partial charge in [-0.1, -0.05) is 6.07 Å². The van der Waals surface area contributed by atoms with Crippen molar-refractivity contribution in [1.29, 1.82) is 0 Å². The molecule has 0 aliphatic heterocycles. The van der Waals surface area contributed by atoms with Crippen LogP contribution in [-0.4, -0.2) is 18.2 Å². The van der Waals surface area contributed by atoms with E-state index in [0.29, 0.717) is 5.56 Å². The summed E-state index contributed by atoms with van der Waals surface area (Å²) in [5.41, 5.74) is 0.478. The van der Waals surface area contributed by atoms with Crippen LogP contribution in [0, 0.1) is 5.82 Å². The van der Waals surface area contributed by atoms with Crippen LogP contribution in [0.15, 0.2) is 24.3 Å². The minimum atomic E-state index is -0.725. The molecule has 0 atom stereocenters. The summed E-state index contributed by atoms with van der Waals surface area (Å²) in [5.74, 6) is -1.66. The van der Waals surface area contributed by atoms with Crippen LogP contribution in [0.3, 0.4) is 0 Å². The first kappa shape index (κ1) is 10.2. The lowest BCUT2D eigenvalue weighted by molar-refractivity contribution is -0.134. The maximum atomic E-state index is 12.8. The van der Waals surface area contributed by atoms with Crippen LogP contribution in [0.4, 0.5) is 4.39 Å². The molecule has 1 aromatic rings. The van der Waals surface area contributed by atoms with Crippen molar-refractivity contribution in [3.05, 3.63) is 35.7 Å². The summed E-state index contributed by atoms with van der Waals surface area (Å²) < 4.78 is 17.1. The highest BCUT2D eigenvalue weighted by Crippen LogP contribution is 2.16. The van der Waals surface area contributed by atoms with Gasteiger partial charge in [0.2, 0.25) is 0 Å². The van der Waals surface area contributed by atoms with E-state index in [-0.39, 0.29) is 0 Å². The minimum Gasteiger partial charge on any atom is -0.505 e. The zero-order valence-electron chi connectivity index (χ0n) is 7.53. The number of carbonyl (C=O) groups excluding carboxylic acids is 1. The number of esters is 1. The molecule has 0 radical (unpaired) electrons. The highest BCUT2D eigenvalue weighted by atomic mass is 19.1. The van der Waals surface area contributed by atoms with E-state index in [1.165, 1.54) is 31.4 Å². The van der Waals surface area contributed by atoms with Gasteiger partial charge in [-0.05, 0) is 23.8 Å². The summed E-state index contributed by atoms with van der Waals surface area (Å²) in [5, 5.41) is 8.88. The summed E-state index contributed by atoms with van der Waals surface area (Å²) in [6.07, 6.45) is 2.57. The van der Waals surface area contributed by atoms with Gasteiger partial charge in [0, 0.05) is 6.08 Å². The molecule has 0 heterocycles. The Balaban J connectivity index is 2.83. The fourth-order valence-electron chi connectivity index (χ4n) is 0.859. The number of ether oxygens (including phenoxy) is 1. The molecule has 74 valence electrons. The van der Waals surface area contributed by atoms with Crippen LogP contribution in [0.2, 0.25) is 0 Å². The number of hydrogen-bond donors (Lipinski definition) is 1. The Kier molecular flexibility index (Phi) is 3.23. The second kappa shape index (κ2) is 4.41. The third kappa shape index (κ3) is 2.58. The lowest BCUT2D eigenvalue weighted by Gasteiger charge is -1.96. The lowest BCUT2D eigenvalue weighted by atomic mass is 10.2. The van der Waals surface area contributed by atoms with Crippen molar-refractivity contribution in [2.45, 2.75) is 0 Å². The molecule has 1 rings (SSSR count). The molecule has 0 saturated heterocycles. The molecule has 3 nitrogen and oxygen atoms in total. The summed E-state index contributed by atoms with van der Waals surface area (Å²) in [6.45, 7) is 0. The number of hydrogen-bond acceptors (Lipinski definition) is 3. The Labute approximate surface area is 80.4 Å². The third-order valence-electron chi connectivity index (χ3n) is 1.58. The van der Waals surface area contributed by atoms with Crippen molar-refractivity contribution in [2.75, 3.05) is 7.11 Å². The van der Waals surface area contributed by atoms with E-state index in [1.807, 2.05) is 0 Å². The lowest BCUT2D eigenvalue weighted by Crippen LogP contribution is -1.93. The molecule has 0 amide bonds. The molecule has 1 aromatic carbocycles. The number of phenolic OH excluding ortho intramolecular Hbond substituents is 1. The number of halogens is 1. The minimum absolute atomic E-state index is 0.416. The quantitative estimate of drug-likeness (QED) is 0.578. The molecule has 0 bridgehead atoms. The zero-order chi connectivity index (χ0) is 10.6. The molecule has 0 saturated carbocycles. The average molecular weight is 196 g/mol. The van der Waals surface area contributed by atoms with E-state index in [1.54, 1.807) is 0 Å². The standard InChI is InChI=1S/C10H9FO3/c1-14-10(13)5-3-7-2-4-9(12)8(11)6-7/h2-6,12H,1H3. The largest absolute Gasteiger partial charge is 0.505 e.